The number of fused-ring (bicyclic) bond motifs is 1. The first-order valence-corrected chi connectivity index (χ1v) is 5.60. The van der Waals surface area contributed by atoms with E-state index in [1.807, 2.05) is 0 Å². The van der Waals surface area contributed by atoms with Crippen LogP contribution >= 0.6 is 0 Å². The predicted molar refractivity (Wildman–Crippen MR) is 47.2 cm³/mol. The van der Waals surface area contributed by atoms with Gasteiger partial charge in [-0.25, -0.2) is 8.42 Å². The molecule has 74 valence electrons. The van der Waals surface area contributed by atoms with Crippen molar-refractivity contribution in [3.05, 3.63) is 17.5 Å². The fraction of sp³-hybridized carbons (Fsp3) is 0.429. The van der Waals surface area contributed by atoms with Gasteiger partial charge in [0.1, 0.15) is 0 Å². The summed E-state index contributed by atoms with van der Waals surface area (Å²) >= 11 is 0. The van der Waals surface area contributed by atoms with Gasteiger partial charge < -0.3 is 0 Å². The zero-order chi connectivity index (χ0) is 10.2. The van der Waals surface area contributed by atoms with Crippen molar-refractivity contribution in [3.8, 4) is 6.07 Å². The molecule has 1 aromatic rings. The van der Waals surface area contributed by atoms with Gasteiger partial charge in [0, 0.05) is 12.1 Å². The van der Waals surface area contributed by atoms with Crippen molar-refractivity contribution < 1.29 is 8.42 Å². The molecule has 1 aliphatic heterocycles. The third kappa shape index (κ3) is 1.38. The Hall–Kier alpha value is -1.39. The number of H-pyrrole nitrogens is 1. The molecule has 7 heteroatoms. The van der Waals surface area contributed by atoms with Crippen LogP contribution < -0.4 is 0 Å². The van der Waals surface area contributed by atoms with Crippen molar-refractivity contribution in [2.24, 2.45) is 0 Å². The molecule has 0 aromatic carbocycles. The second-order valence-corrected chi connectivity index (χ2v) is 5.03. The lowest BCUT2D eigenvalue weighted by Gasteiger charge is -2.12. The number of hydrogen-bond acceptors (Lipinski definition) is 4. The molecule has 2 rings (SSSR count). The van der Waals surface area contributed by atoms with Crippen molar-refractivity contribution in [2.75, 3.05) is 5.75 Å². The second-order valence-electron chi connectivity index (χ2n) is 3.06. The van der Waals surface area contributed by atoms with Crippen molar-refractivity contribution in [2.45, 2.75) is 13.1 Å². The molecule has 0 amide bonds. The van der Waals surface area contributed by atoms with E-state index in [0.29, 0.717) is 13.1 Å². The molecule has 1 aromatic heterocycles. The van der Waals surface area contributed by atoms with Crippen LogP contribution in [-0.4, -0.2) is 28.7 Å². The molecule has 0 radical (unpaired) electrons. The van der Waals surface area contributed by atoms with Gasteiger partial charge in [0.15, 0.2) is 5.75 Å². The Kier molecular flexibility index (Phi) is 2.02. The summed E-state index contributed by atoms with van der Waals surface area (Å²) in [6.07, 6.45) is 1.61. The van der Waals surface area contributed by atoms with Crippen LogP contribution in [0, 0.1) is 11.3 Å². The Bertz CT molecular complexity index is 464. The molecule has 1 N–H and O–H groups in total. The number of nitrogens with zero attached hydrogens (tertiary/aromatic N) is 3. The highest BCUT2D eigenvalue weighted by Crippen LogP contribution is 2.22. The normalized spacial score (nSPS) is 16.5. The molecule has 0 aliphatic carbocycles. The number of sulfonamides is 1. The molecule has 2 heterocycles. The highest BCUT2D eigenvalue weighted by molar-refractivity contribution is 7.89. The molecule has 6 nitrogen and oxygen atoms in total. The predicted octanol–water partition coefficient (Wildman–Crippen LogP) is -0.421. The Morgan fingerprint density at radius 3 is 3.07 bits per heavy atom. The lowest BCUT2D eigenvalue weighted by Crippen LogP contribution is -2.27. The molecular weight excluding hydrogens is 204 g/mol. The van der Waals surface area contributed by atoms with Crippen LogP contribution in [0.2, 0.25) is 0 Å². The molecule has 1 aliphatic rings. The van der Waals surface area contributed by atoms with E-state index in [-0.39, 0.29) is 0 Å². The minimum atomic E-state index is -3.42. The summed E-state index contributed by atoms with van der Waals surface area (Å²) in [5, 5.41) is 14.9. The van der Waals surface area contributed by atoms with Crippen LogP contribution in [0.5, 0.6) is 0 Å². The lowest BCUT2D eigenvalue weighted by atomic mass is 10.3. The minimum Gasteiger partial charge on any atom is -0.281 e. The monoisotopic (exact) mass is 212 g/mol. The molecule has 0 atom stereocenters. The Balaban J connectivity index is 2.20. The third-order valence-electron chi connectivity index (χ3n) is 2.13. The van der Waals surface area contributed by atoms with E-state index in [1.54, 1.807) is 12.3 Å². The van der Waals surface area contributed by atoms with E-state index < -0.39 is 15.8 Å². The standard InChI is InChI=1S/C7H8N4O2S/c8-1-2-14(12,13)11-4-6-3-9-10-7(6)5-11/h3H,2,4-5H2,(H,9,10). The highest BCUT2D eigenvalue weighted by atomic mass is 32.2. The molecule has 0 spiro atoms. The number of rotatable bonds is 2. The average molecular weight is 212 g/mol. The van der Waals surface area contributed by atoms with Crippen LogP contribution in [-0.2, 0) is 23.1 Å². The van der Waals surface area contributed by atoms with Gasteiger partial charge in [0.25, 0.3) is 0 Å². The number of nitrogens with one attached hydrogen (secondary N) is 1. The van der Waals surface area contributed by atoms with Crippen LogP contribution in [0.25, 0.3) is 0 Å². The molecule has 0 fully saturated rings. The zero-order valence-electron chi connectivity index (χ0n) is 7.27. The Morgan fingerprint density at radius 1 is 1.64 bits per heavy atom. The summed E-state index contributed by atoms with van der Waals surface area (Å²) in [4.78, 5) is 0. The first-order chi connectivity index (χ1) is 6.63. The number of aromatic amines is 1. The Morgan fingerprint density at radius 2 is 2.43 bits per heavy atom. The van der Waals surface area contributed by atoms with Crippen LogP contribution in [0.3, 0.4) is 0 Å². The van der Waals surface area contributed by atoms with Crippen LogP contribution in [0.1, 0.15) is 11.3 Å². The number of nitriles is 1. The van der Waals surface area contributed by atoms with E-state index >= 15 is 0 Å². The van der Waals surface area contributed by atoms with Gasteiger partial charge in [0.05, 0.1) is 24.5 Å². The summed E-state index contributed by atoms with van der Waals surface area (Å²) in [5.41, 5.74) is 1.69. The first-order valence-electron chi connectivity index (χ1n) is 3.99. The minimum absolute atomic E-state index is 0.291. The first kappa shape index (κ1) is 9.18. The molecule has 14 heavy (non-hydrogen) atoms. The largest absolute Gasteiger partial charge is 0.281 e. The summed E-state index contributed by atoms with van der Waals surface area (Å²) in [5.74, 6) is -0.468. The van der Waals surface area contributed by atoms with Gasteiger partial charge in [0.2, 0.25) is 10.0 Å². The van der Waals surface area contributed by atoms with E-state index in [0.717, 1.165) is 11.3 Å². The smallest absolute Gasteiger partial charge is 0.228 e. The number of hydrogen-bond donors (Lipinski definition) is 1. The van der Waals surface area contributed by atoms with Gasteiger partial charge in [-0.1, -0.05) is 0 Å². The topological polar surface area (TPSA) is 89.8 Å². The molecule has 0 saturated carbocycles. The van der Waals surface area contributed by atoms with E-state index in [2.05, 4.69) is 10.2 Å². The Labute approximate surface area is 81.2 Å². The molecule has 0 unspecified atom stereocenters. The summed E-state index contributed by atoms with van der Waals surface area (Å²) in [6.45, 7) is 0.606. The SMILES string of the molecule is N#CCS(=O)(=O)N1Cc2cn[nH]c2C1. The second kappa shape index (κ2) is 3.08. The van der Waals surface area contributed by atoms with Crippen LogP contribution in [0.15, 0.2) is 6.20 Å². The zero-order valence-corrected chi connectivity index (χ0v) is 8.08. The van der Waals surface area contributed by atoms with Crippen molar-refractivity contribution in [1.82, 2.24) is 14.5 Å². The van der Waals surface area contributed by atoms with Gasteiger partial charge in [-0.05, 0) is 0 Å². The summed E-state index contributed by atoms with van der Waals surface area (Å²) < 4.78 is 24.2. The van der Waals surface area contributed by atoms with Gasteiger partial charge in [-0.3, -0.25) is 5.10 Å². The maximum Gasteiger partial charge on any atom is 0.228 e. The summed E-state index contributed by atoms with van der Waals surface area (Å²) in [6, 6.07) is 1.65. The maximum absolute atomic E-state index is 11.5. The van der Waals surface area contributed by atoms with Gasteiger partial charge >= 0.3 is 0 Å². The van der Waals surface area contributed by atoms with Crippen LogP contribution in [0.4, 0.5) is 0 Å². The lowest BCUT2D eigenvalue weighted by molar-refractivity contribution is 0.429. The third-order valence-corrected chi connectivity index (χ3v) is 3.67. The fourth-order valence-corrected chi connectivity index (χ4v) is 2.41. The summed E-state index contributed by atoms with van der Waals surface area (Å²) in [7, 11) is -3.42. The van der Waals surface area contributed by atoms with Crippen molar-refractivity contribution in [3.63, 3.8) is 0 Å². The quantitative estimate of drug-likeness (QED) is 0.720. The maximum atomic E-state index is 11.5. The van der Waals surface area contributed by atoms with E-state index in [1.165, 1.54) is 4.31 Å². The number of aromatic nitrogens is 2. The fourth-order valence-electron chi connectivity index (χ4n) is 1.40. The van der Waals surface area contributed by atoms with E-state index in [9.17, 15) is 8.42 Å². The highest BCUT2D eigenvalue weighted by Gasteiger charge is 2.29. The molecule has 0 saturated heterocycles. The molecule has 0 bridgehead atoms. The van der Waals surface area contributed by atoms with Crippen molar-refractivity contribution in [1.29, 1.82) is 5.26 Å². The van der Waals surface area contributed by atoms with Gasteiger partial charge in [-0.2, -0.15) is 14.7 Å². The van der Waals surface area contributed by atoms with E-state index in [4.69, 9.17) is 5.26 Å². The molecular formula is C7H8N4O2S. The van der Waals surface area contributed by atoms with Gasteiger partial charge in [-0.15, -0.1) is 0 Å². The average Bonchev–Trinajstić information content (AvgIpc) is 2.60. The van der Waals surface area contributed by atoms with Crippen molar-refractivity contribution >= 4 is 10.0 Å².